The highest BCUT2D eigenvalue weighted by Gasteiger charge is 2.51. The van der Waals surface area contributed by atoms with Crippen LogP contribution in [-0.2, 0) is 51.8 Å². The second kappa shape index (κ2) is 13.4. The van der Waals surface area contributed by atoms with Crippen LogP contribution in [0.5, 0.6) is 5.75 Å². The zero-order valence-electron chi connectivity index (χ0n) is 22.5. The van der Waals surface area contributed by atoms with Crippen molar-refractivity contribution >= 4 is 35.6 Å². The largest absolute Gasteiger partial charge is 0.485 e. The number of nitrogens with one attached hydrogen (secondary N) is 1. The van der Waals surface area contributed by atoms with E-state index in [0.717, 1.165) is 17.3 Å². The standard InChI is InChI=1S/C25H32N4O9S/c1-13-9-7-8-10-18(13)35-12-20-27-28-25(29(20)6)39-24-21(26-14(2)30)23(37-17(5)33)22(36-16(4)32)19(38-24)11-34-15(3)31/h7-10,19,21-24H,11-12H2,1-6H3,(H,26,30)/t19-,21-,22-,23-,24-/m1/s1. The number of amides is 1. The van der Waals surface area contributed by atoms with E-state index >= 15 is 0 Å². The quantitative estimate of drug-likeness (QED) is 0.328. The number of benzene rings is 1. The molecule has 5 atom stereocenters. The molecule has 1 saturated heterocycles. The third-order valence-electron chi connectivity index (χ3n) is 5.67. The van der Waals surface area contributed by atoms with E-state index in [9.17, 15) is 19.2 Å². The Morgan fingerprint density at radius 1 is 1.00 bits per heavy atom. The number of carbonyl (C=O) groups is 4. The van der Waals surface area contributed by atoms with Crippen LogP contribution in [0.15, 0.2) is 29.4 Å². The van der Waals surface area contributed by atoms with Gasteiger partial charge >= 0.3 is 17.9 Å². The van der Waals surface area contributed by atoms with Crippen molar-refractivity contribution in [2.24, 2.45) is 7.05 Å². The first-order chi connectivity index (χ1) is 18.5. The van der Waals surface area contributed by atoms with E-state index in [4.69, 9.17) is 23.7 Å². The van der Waals surface area contributed by atoms with E-state index in [1.54, 1.807) is 11.6 Å². The molecule has 1 aliphatic heterocycles. The minimum atomic E-state index is -1.17. The van der Waals surface area contributed by atoms with Gasteiger partial charge in [-0.15, -0.1) is 10.2 Å². The van der Waals surface area contributed by atoms with Gasteiger partial charge in [0.15, 0.2) is 23.2 Å². The third-order valence-corrected chi connectivity index (χ3v) is 6.87. The van der Waals surface area contributed by atoms with Crippen LogP contribution in [0.4, 0.5) is 0 Å². The summed E-state index contributed by atoms with van der Waals surface area (Å²) < 4.78 is 29.9. The van der Waals surface area contributed by atoms with Crippen LogP contribution in [0.2, 0.25) is 0 Å². The number of aromatic nitrogens is 3. The molecule has 1 aromatic heterocycles. The number of nitrogens with zero attached hydrogens (tertiary/aromatic N) is 3. The molecule has 1 fully saturated rings. The number of esters is 3. The number of thioether (sulfide) groups is 1. The highest BCUT2D eigenvalue weighted by Crippen LogP contribution is 2.35. The molecule has 3 rings (SSSR count). The van der Waals surface area contributed by atoms with Crippen molar-refractivity contribution in [3.8, 4) is 5.75 Å². The van der Waals surface area contributed by atoms with Crippen LogP contribution in [0, 0.1) is 6.92 Å². The predicted molar refractivity (Wildman–Crippen MR) is 136 cm³/mol. The van der Waals surface area contributed by atoms with Gasteiger partial charge in [0.1, 0.15) is 36.5 Å². The predicted octanol–water partition coefficient (Wildman–Crippen LogP) is 1.45. The summed E-state index contributed by atoms with van der Waals surface area (Å²) in [4.78, 5) is 47.6. The molecule has 0 saturated carbocycles. The summed E-state index contributed by atoms with van der Waals surface area (Å²) in [6.45, 7) is 6.68. The number of aryl methyl sites for hydroxylation is 1. The van der Waals surface area contributed by atoms with Crippen molar-refractivity contribution in [1.82, 2.24) is 20.1 Å². The Kier molecular flexibility index (Phi) is 10.3. The summed E-state index contributed by atoms with van der Waals surface area (Å²) in [6.07, 6.45) is -3.34. The second-order valence-electron chi connectivity index (χ2n) is 8.85. The number of para-hydroxylation sites is 1. The fraction of sp³-hybridized carbons (Fsp3) is 0.520. The lowest BCUT2D eigenvalue weighted by atomic mass is 9.97. The van der Waals surface area contributed by atoms with Crippen LogP contribution in [-0.4, -0.2) is 75.0 Å². The summed E-state index contributed by atoms with van der Waals surface area (Å²) in [7, 11) is 1.75. The van der Waals surface area contributed by atoms with Gasteiger partial charge in [-0.2, -0.15) is 0 Å². The topological polar surface area (TPSA) is 157 Å². The van der Waals surface area contributed by atoms with Crippen molar-refractivity contribution in [2.45, 2.75) is 76.2 Å². The van der Waals surface area contributed by atoms with Crippen LogP contribution in [0.1, 0.15) is 39.1 Å². The Balaban J connectivity index is 1.89. The number of hydrogen-bond donors (Lipinski definition) is 1. The fourth-order valence-corrected chi connectivity index (χ4v) is 5.06. The molecule has 2 aromatic rings. The normalized spacial score (nSPS) is 22.5. The van der Waals surface area contributed by atoms with Crippen LogP contribution in [0.25, 0.3) is 0 Å². The lowest BCUT2D eigenvalue weighted by Gasteiger charge is -2.44. The van der Waals surface area contributed by atoms with E-state index in [0.29, 0.717) is 16.7 Å². The van der Waals surface area contributed by atoms with E-state index < -0.39 is 53.6 Å². The van der Waals surface area contributed by atoms with E-state index in [-0.39, 0.29) is 13.2 Å². The molecule has 14 heteroatoms. The third kappa shape index (κ3) is 8.17. The molecule has 0 spiro atoms. The highest BCUT2D eigenvalue weighted by atomic mass is 32.2. The van der Waals surface area contributed by atoms with Gasteiger partial charge < -0.3 is 33.6 Å². The molecule has 212 valence electrons. The van der Waals surface area contributed by atoms with Crippen molar-refractivity contribution in [1.29, 1.82) is 0 Å². The van der Waals surface area contributed by atoms with Gasteiger partial charge in [-0.1, -0.05) is 30.0 Å². The molecule has 1 aliphatic rings. The maximum absolute atomic E-state index is 12.1. The maximum atomic E-state index is 12.1. The molecule has 0 bridgehead atoms. The van der Waals surface area contributed by atoms with Crippen molar-refractivity contribution < 1.29 is 42.9 Å². The molecule has 1 N–H and O–H groups in total. The average Bonchev–Trinajstić information content (AvgIpc) is 3.19. The monoisotopic (exact) mass is 564 g/mol. The number of carbonyl (C=O) groups excluding carboxylic acids is 4. The number of hydrogen-bond acceptors (Lipinski definition) is 12. The summed E-state index contributed by atoms with van der Waals surface area (Å²) in [6, 6.07) is 6.62. The van der Waals surface area contributed by atoms with Crippen LogP contribution < -0.4 is 10.1 Å². The molecular formula is C25H32N4O9S. The van der Waals surface area contributed by atoms with Gasteiger partial charge in [0.05, 0.1) is 0 Å². The molecule has 0 unspecified atom stereocenters. The lowest BCUT2D eigenvalue weighted by Crippen LogP contribution is -2.65. The first-order valence-corrected chi connectivity index (χ1v) is 13.0. The summed E-state index contributed by atoms with van der Waals surface area (Å²) in [5.74, 6) is -1.12. The summed E-state index contributed by atoms with van der Waals surface area (Å²) in [5.41, 5.74) is 0.0688. The lowest BCUT2D eigenvalue weighted by molar-refractivity contribution is -0.211. The Labute approximate surface area is 229 Å². The smallest absolute Gasteiger partial charge is 0.303 e. The molecule has 13 nitrogen and oxygen atoms in total. The van der Waals surface area contributed by atoms with Gasteiger partial charge in [-0.05, 0) is 18.6 Å². The van der Waals surface area contributed by atoms with E-state index in [2.05, 4.69) is 15.5 Å². The summed E-state index contributed by atoms with van der Waals surface area (Å²) >= 11 is 1.10. The Morgan fingerprint density at radius 2 is 1.67 bits per heavy atom. The van der Waals surface area contributed by atoms with Gasteiger partial charge in [-0.25, -0.2) is 0 Å². The molecular weight excluding hydrogens is 532 g/mol. The average molecular weight is 565 g/mol. The summed E-state index contributed by atoms with van der Waals surface area (Å²) in [5, 5.41) is 11.6. The highest BCUT2D eigenvalue weighted by molar-refractivity contribution is 7.99. The number of rotatable bonds is 10. The van der Waals surface area contributed by atoms with Crippen LogP contribution >= 0.6 is 11.8 Å². The molecule has 0 radical (unpaired) electrons. The zero-order valence-corrected chi connectivity index (χ0v) is 23.4. The van der Waals surface area contributed by atoms with E-state index in [1.165, 1.54) is 27.7 Å². The fourth-order valence-electron chi connectivity index (χ4n) is 3.93. The maximum Gasteiger partial charge on any atom is 0.303 e. The molecule has 0 aliphatic carbocycles. The molecule has 39 heavy (non-hydrogen) atoms. The van der Waals surface area contributed by atoms with Gasteiger partial charge in [0, 0.05) is 34.7 Å². The molecule has 1 amide bonds. The Hall–Kier alpha value is -3.65. The minimum Gasteiger partial charge on any atom is -0.485 e. The Morgan fingerprint density at radius 3 is 2.28 bits per heavy atom. The van der Waals surface area contributed by atoms with E-state index in [1.807, 2.05) is 31.2 Å². The minimum absolute atomic E-state index is 0.148. The van der Waals surface area contributed by atoms with Gasteiger partial charge in [0.25, 0.3) is 0 Å². The molecule has 2 heterocycles. The SMILES string of the molecule is CC(=O)N[C@@H]1[C@@H](OC(C)=O)[C@H](OC(C)=O)[C@@H](COC(C)=O)O[C@@H]1Sc1nnc(COc2ccccc2C)n1C. The second-order valence-corrected chi connectivity index (χ2v) is 9.92. The van der Waals surface area contributed by atoms with Gasteiger partial charge in [0.2, 0.25) is 5.91 Å². The van der Waals surface area contributed by atoms with Crippen molar-refractivity contribution in [2.75, 3.05) is 6.61 Å². The Bertz CT molecular complexity index is 1200. The first-order valence-electron chi connectivity index (χ1n) is 12.1. The van der Waals surface area contributed by atoms with Crippen LogP contribution in [0.3, 0.4) is 0 Å². The molecule has 1 aromatic carbocycles. The number of ether oxygens (including phenoxy) is 5. The van der Waals surface area contributed by atoms with Gasteiger partial charge in [-0.3, -0.25) is 19.2 Å². The zero-order chi connectivity index (χ0) is 28.7. The first kappa shape index (κ1) is 29.9. The van der Waals surface area contributed by atoms with Crippen molar-refractivity contribution in [3.05, 3.63) is 35.7 Å². The van der Waals surface area contributed by atoms with Crippen molar-refractivity contribution in [3.63, 3.8) is 0 Å².